The molecule has 2 heterocycles. The van der Waals surface area contributed by atoms with Crippen molar-refractivity contribution in [3.63, 3.8) is 0 Å². The lowest BCUT2D eigenvalue weighted by Crippen LogP contribution is -2.31. The molecule has 3 aromatic rings. The van der Waals surface area contributed by atoms with Crippen molar-refractivity contribution in [3.8, 4) is 5.75 Å². The van der Waals surface area contributed by atoms with Gasteiger partial charge in [-0.15, -0.1) is 0 Å². The van der Waals surface area contributed by atoms with Gasteiger partial charge in [-0.05, 0) is 36.2 Å². The van der Waals surface area contributed by atoms with Gasteiger partial charge in [-0.2, -0.15) is 5.10 Å². The van der Waals surface area contributed by atoms with Gasteiger partial charge in [0.25, 0.3) is 5.91 Å². The van der Waals surface area contributed by atoms with Gasteiger partial charge in [0.2, 0.25) is 0 Å². The summed E-state index contributed by atoms with van der Waals surface area (Å²) in [7, 11) is 1.62. The van der Waals surface area contributed by atoms with E-state index in [-0.39, 0.29) is 11.9 Å². The van der Waals surface area contributed by atoms with Crippen LogP contribution in [0.5, 0.6) is 5.75 Å². The molecule has 0 radical (unpaired) electrons. The number of benzene rings is 2. The van der Waals surface area contributed by atoms with Crippen LogP contribution in [0.25, 0.3) is 10.9 Å². The molecule has 25 heavy (non-hydrogen) atoms. The Labute approximate surface area is 145 Å². The Bertz CT molecular complexity index is 921. The van der Waals surface area contributed by atoms with E-state index in [9.17, 15) is 9.90 Å². The number of aliphatic hydroxyl groups excluding tert-OH is 1. The lowest BCUT2D eigenvalue weighted by molar-refractivity contribution is 0.0717. The summed E-state index contributed by atoms with van der Waals surface area (Å²) >= 11 is 0. The minimum atomic E-state index is -0.538. The van der Waals surface area contributed by atoms with E-state index in [0.29, 0.717) is 18.5 Å². The number of aliphatic hydroxyl groups is 1. The Balaban J connectivity index is 1.72. The number of ether oxygens (including phenoxy) is 1. The van der Waals surface area contributed by atoms with Crippen molar-refractivity contribution in [3.05, 3.63) is 59.8 Å². The third-order valence-electron chi connectivity index (χ3n) is 4.73. The highest BCUT2D eigenvalue weighted by atomic mass is 16.5. The summed E-state index contributed by atoms with van der Waals surface area (Å²) in [5, 5.41) is 17.9. The number of β-amino-alcohol motifs (C(OH)–C–C–N with tert-alkyl or cyclic N) is 1. The van der Waals surface area contributed by atoms with Crippen molar-refractivity contribution >= 4 is 16.8 Å². The number of hydrogen-bond donors (Lipinski definition) is 2. The van der Waals surface area contributed by atoms with Gasteiger partial charge in [0.15, 0.2) is 0 Å². The highest BCUT2D eigenvalue weighted by Gasteiger charge is 2.36. The average Bonchev–Trinajstić information content (AvgIpc) is 3.27. The van der Waals surface area contributed by atoms with Crippen LogP contribution in [0.15, 0.2) is 48.7 Å². The fourth-order valence-electron chi connectivity index (χ4n) is 3.51. The predicted molar refractivity (Wildman–Crippen MR) is 93.5 cm³/mol. The van der Waals surface area contributed by atoms with E-state index >= 15 is 0 Å². The second-order valence-electron chi connectivity index (χ2n) is 6.28. The van der Waals surface area contributed by atoms with Crippen molar-refractivity contribution in [1.29, 1.82) is 0 Å². The Hall–Kier alpha value is -2.86. The van der Waals surface area contributed by atoms with Crippen molar-refractivity contribution in [2.24, 2.45) is 0 Å². The molecule has 1 aromatic heterocycles. The number of carbonyl (C=O) groups excluding carboxylic acids is 1. The SMILES string of the molecule is COc1cccc([C@H]2C[C@@H](O)CN2C(=O)c2cccc3[nH]ncc23)c1. The number of aromatic amines is 1. The molecule has 1 fully saturated rings. The molecule has 0 spiro atoms. The van der Waals surface area contributed by atoms with E-state index in [2.05, 4.69) is 10.2 Å². The summed E-state index contributed by atoms with van der Waals surface area (Å²) < 4.78 is 5.29. The smallest absolute Gasteiger partial charge is 0.255 e. The number of nitrogens with one attached hydrogen (secondary N) is 1. The van der Waals surface area contributed by atoms with E-state index < -0.39 is 6.10 Å². The van der Waals surface area contributed by atoms with Gasteiger partial charge < -0.3 is 14.7 Å². The summed E-state index contributed by atoms with van der Waals surface area (Å²) in [5.41, 5.74) is 2.38. The first-order valence-electron chi connectivity index (χ1n) is 8.22. The first kappa shape index (κ1) is 15.7. The van der Waals surface area contributed by atoms with Crippen molar-refractivity contribution in [2.75, 3.05) is 13.7 Å². The Morgan fingerprint density at radius 1 is 1.32 bits per heavy atom. The van der Waals surface area contributed by atoms with E-state index in [0.717, 1.165) is 22.2 Å². The number of methoxy groups -OCH3 is 1. The molecule has 2 atom stereocenters. The number of amides is 1. The number of likely N-dealkylation sites (tertiary alicyclic amines) is 1. The molecule has 6 heteroatoms. The second-order valence-corrected chi connectivity index (χ2v) is 6.28. The fraction of sp³-hybridized carbons (Fsp3) is 0.263. The molecule has 2 N–H and O–H groups in total. The van der Waals surface area contributed by atoms with Crippen LogP contribution in [0.4, 0.5) is 0 Å². The van der Waals surface area contributed by atoms with Crippen LogP contribution >= 0.6 is 0 Å². The molecule has 1 saturated heterocycles. The van der Waals surface area contributed by atoms with Gasteiger partial charge in [-0.1, -0.05) is 18.2 Å². The van der Waals surface area contributed by atoms with Gasteiger partial charge in [-0.25, -0.2) is 0 Å². The average molecular weight is 337 g/mol. The number of carbonyl (C=O) groups is 1. The molecule has 128 valence electrons. The van der Waals surface area contributed by atoms with Gasteiger partial charge in [0.1, 0.15) is 5.75 Å². The molecule has 6 nitrogen and oxygen atoms in total. The van der Waals surface area contributed by atoms with Gasteiger partial charge in [0.05, 0.1) is 36.5 Å². The van der Waals surface area contributed by atoms with Crippen LogP contribution in [0, 0.1) is 0 Å². The van der Waals surface area contributed by atoms with Gasteiger partial charge in [0, 0.05) is 11.9 Å². The lowest BCUT2D eigenvalue weighted by Gasteiger charge is -2.25. The van der Waals surface area contributed by atoms with E-state index in [1.165, 1.54) is 0 Å². The number of nitrogens with zero attached hydrogens (tertiary/aromatic N) is 2. The molecule has 4 rings (SSSR count). The van der Waals surface area contributed by atoms with Gasteiger partial charge >= 0.3 is 0 Å². The first-order valence-corrected chi connectivity index (χ1v) is 8.22. The zero-order valence-electron chi connectivity index (χ0n) is 13.8. The van der Waals surface area contributed by atoms with E-state index in [1.807, 2.05) is 36.4 Å². The summed E-state index contributed by atoms with van der Waals surface area (Å²) in [6.45, 7) is 0.314. The predicted octanol–water partition coefficient (Wildman–Crippen LogP) is 2.52. The normalized spacial score (nSPS) is 20.2. The van der Waals surface area contributed by atoms with Gasteiger partial charge in [-0.3, -0.25) is 9.89 Å². The highest BCUT2D eigenvalue weighted by molar-refractivity contribution is 6.06. The van der Waals surface area contributed by atoms with Crippen LogP contribution in [-0.4, -0.2) is 45.9 Å². The Morgan fingerprint density at radius 2 is 2.16 bits per heavy atom. The van der Waals surface area contributed by atoms with Crippen LogP contribution < -0.4 is 4.74 Å². The minimum absolute atomic E-state index is 0.101. The summed E-state index contributed by atoms with van der Waals surface area (Å²) in [6.07, 6.45) is 1.64. The van der Waals surface area contributed by atoms with Crippen LogP contribution in [-0.2, 0) is 0 Å². The van der Waals surface area contributed by atoms with E-state index in [1.54, 1.807) is 24.3 Å². The molecule has 1 aliphatic heterocycles. The quantitative estimate of drug-likeness (QED) is 0.770. The number of rotatable bonds is 3. The van der Waals surface area contributed by atoms with Crippen molar-refractivity contribution < 1.29 is 14.6 Å². The maximum atomic E-state index is 13.2. The minimum Gasteiger partial charge on any atom is -0.497 e. The molecule has 0 bridgehead atoms. The van der Waals surface area contributed by atoms with Crippen LogP contribution in [0.3, 0.4) is 0 Å². The maximum absolute atomic E-state index is 13.2. The second kappa shape index (κ2) is 6.22. The zero-order valence-corrected chi connectivity index (χ0v) is 13.8. The summed E-state index contributed by atoms with van der Waals surface area (Å²) in [4.78, 5) is 14.9. The molecule has 0 unspecified atom stereocenters. The molecule has 0 saturated carbocycles. The number of H-pyrrole nitrogens is 1. The molecule has 1 aliphatic rings. The highest BCUT2D eigenvalue weighted by Crippen LogP contribution is 2.35. The molecular weight excluding hydrogens is 318 g/mol. The molecule has 1 amide bonds. The standard InChI is InChI=1S/C19H19N3O3/c1-25-14-5-2-4-12(8-14)18-9-13(23)11-22(18)19(24)15-6-3-7-17-16(15)10-20-21-17/h2-8,10,13,18,23H,9,11H2,1H3,(H,20,21)/t13-,18-/m1/s1. The topological polar surface area (TPSA) is 78.5 Å². The number of hydrogen-bond acceptors (Lipinski definition) is 4. The molecule has 2 aromatic carbocycles. The zero-order chi connectivity index (χ0) is 17.4. The Morgan fingerprint density at radius 3 is 3.00 bits per heavy atom. The van der Waals surface area contributed by atoms with Crippen molar-refractivity contribution in [2.45, 2.75) is 18.6 Å². The maximum Gasteiger partial charge on any atom is 0.255 e. The summed E-state index contributed by atoms with van der Waals surface area (Å²) in [5.74, 6) is 0.639. The monoisotopic (exact) mass is 337 g/mol. The molecule has 0 aliphatic carbocycles. The van der Waals surface area contributed by atoms with E-state index in [4.69, 9.17) is 4.74 Å². The Kier molecular flexibility index (Phi) is 3.89. The largest absolute Gasteiger partial charge is 0.497 e. The number of fused-ring (bicyclic) bond motifs is 1. The molecular formula is C19H19N3O3. The van der Waals surface area contributed by atoms with Crippen molar-refractivity contribution in [1.82, 2.24) is 15.1 Å². The fourth-order valence-corrected chi connectivity index (χ4v) is 3.51. The summed E-state index contributed by atoms with van der Waals surface area (Å²) in [6, 6.07) is 13.0. The first-order chi connectivity index (χ1) is 12.2. The van der Waals surface area contributed by atoms with Crippen LogP contribution in [0.1, 0.15) is 28.4 Å². The van der Waals surface area contributed by atoms with Crippen LogP contribution in [0.2, 0.25) is 0 Å². The lowest BCUT2D eigenvalue weighted by atomic mass is 10.0. The third-order valence-corrected chi connectivity index (χ3v) is 4.73. The number of aromatic nitrogens is 2. The third kappa shape index (κ3) is 2.74.